The van der Waals surface area contributed by atoms with Gasteiger partial charge in [0.1, 0.15) is 12.1 Å². The van der Waals surface area contributed by atoms with E-state index in [4.69, 9.17) is 18.9 Å². The lowest BCUT2D eigenvalue weighted by Gasteiger charge is -2.36. The molecule has 2 rings (SSSR count). The lowest BCUT2D eigenvalue weighted by molar-refractivity contribution is -0.925. The van der Waals surface area contributed by atoms with Gasteiger partial charge >= 0.3 is 10.7 Å². The molecule has 0 saturated carbocycles. The van der Waals surface area contributed by atoms with E-state index < -0.39 is 15.5 Å². The van der Waals surface area contributed by atoms with Gasteiger partial charge in [0.05, 0.1) is 88.0 Å². The zero-order chi connectivity index (χ0) is 34.7. The van der Waals surface area contributed by atoms with Crippen LogP contribution in [0.15, 0.2) is 28.4 Å². The van der Waals surface area contributed by atoms with Crippen LogP contribution in [0.4, 0.5) is 27.1 Å². The number of thiophene rings is 1. The fourth-order valence-electron chi connectivity index (χ4n) is 5.11. The minimum absolute atomic E-state index is 0.0261. The molecule has 0 unspecified atom stereocenters. The predicted octanol–water partition coefficient (Wildman–Crippen LogP) is 7.15. The van der Waals surface area contributed by atoms with Gasteiger partial charge in [-0.2, -0.15) is 0 Å². The molecular weight excluding hydrogens is 628 g/mol. The van der Waals surface area contributed by atoms with Crippen molar-refractivity contribution in [3.63, 3.8) is 0 Å². The molecule has 14 nitrogen and oxygen atoms in total. The Labute approximate surface area is 282 Å². The Morgan fingerprint density at radius 3 is 1.91 bits per heavy atom. The number of likely N-dealkylation sites (N-methyl/N-ethyl adjacent to an activating group) is 2. The number of nitro groups is 2. The normalized spacial score (nSPS) is 11.9. The van der Waals surface area contributed by atoms with Crippen molar-refractivity contribution in [3.8, 4) is 0 Å². The third kappa shape index (κ3) is 13.2. The molecule has 0 amide bonds. The number of nitrogens with zero attached hydrogens (tertiary/aromatic N) is 6. The van der Waals surface area contributed by atoms with E-state index in [1.807, 2.05) is 19.1 Å². The first kappa shape index (κ1) is 40.1. The molecule has 15 heteroatoms. The Bertz CT molecular complexity index is 1270. The number of anilines is 1. The lowest BCUT2D eigenvalue weighted by atomic mass is 10.1. The van der Waals surface area contributed by atoms with Gasteiger partial charge in [-0.25, -0.2) is 0 Å². The monoisotopic (exact) mass is 681 g/mol. The van der Waals surface area contributed by atoms with Gasteiger partial charge in [-0.1, -0.05) is 13.3 Å². The Kier molecular flexibility index (Phi) is 18.5. The Morgan fingerprint density at radius 2 is 1.40 bits per heavy atom. The average molecular weight is 682 g/mol. The molecule has 2 aromatic rings. The summed E-state index contributed by atoms with van der Waals surface area (Å²) < 4.78 is 23.9. The van der Waals surface area contributed by atoms with Crippen molar-refractivity contribution in [2.75, 3.05) is 97.0 Å². The highest BCUT2D eigenvalue weighted by atomic mass is 32.1. The first-order chi connectivity index (χ1) is 22.6. The van der Waals surface area contributed by atoms with Crippen molar-refractivity contribution in [3.05, 3.63) is 49.6 Å². The van der Waals surface area contributed by atoms with Gasteiger partial charge < -0.3 is 28.3 Å². The summed E-state index contributed by atoms with van der Waals surface area (Å²) in [5.41, 5.74) is 1.89. The van der Waals surface area contributed by atoms with E-state index in [1.165, 1.54) is 26.3 Å². The number of azo groups is 1. The van der Waals surface area contributed by atoms with Crippen LogP contribution in [0.5, 0.6) is 0 Å². The molecule has 0 aliphatic rings. The molecule has 0 atom stereocenters. The van der Waals surface area contributed by atoms with Crippen molar-refractivity contribution < 1.29 is 33.3 Å². The molecule has 0 bridgehead atoms. The van der Waals surface area contributed by atoms with Crippen LogP contribution in [-0.4, -0.2) is 106 Å². The second-order valence-corrected chi connectivity index (χ2v) is 12.2. The van der Waals surface area contributed by atoms with Crippen LogP contribution < -0.4 is 4.90 Å². The molecular formula is C32H53N6O8S+. The summed E-state index contributed by atoms with van der Waals surface area (Å²) in [6.07, 6.45) is 2.48. The molecule has 264 valence electrons. The Balaban J connectivity index is 1.65. The highest BCUT2D eigenvalue weighted by molar-refractivity contribution is 7.19. The standard InChI is InChI=1S/C32H53N6O8S/c1-7-11-15-38(9-3,10-4)16-18-44-20-22-46-24-23-45-21-19-43-17-14-35(8-2)28-12-13-29(26(5)25-28)33-34-31-30(36(39)40)27(6)32(47-31)37(41)42/h12-13,25H,7-11,14-24H2,1-6H3/q+1. The van der Waals surface area contributed by atoms with Crippen LogP contribution in [0.1, 0.15) is 51.7 Å². The number of rotatable bonds is 26. The van der Waals surface area contributed by atoms with E-state index in [2.05, 4.69) is 42.8 Å². The van der Waals surface area contributed by atoms with Crippen molar-refractivity contribution in [1.29, 1.82) is 0 Å². The summed E-state index contributed by atoms with van der Waals surface area (Å²) in [7, 11) is 0. The summed E-state index contributed by atoms with van der Waals surface area (Å²) >= 11 is 0.641. The smallest absolute Gasteiger partial charge is 0.336 e. The van der Waals surface area contributed by atoms with Gasteiger partial charge in [-0.05, 0) is 76.1 Å². The van der Waals surface area contributed by atoms with Crippen molar-refractivity contribution in [1.82, 2.24) is 0 Å². The molecule has 0 aliphatic carbocycles. The van der Waals surface area contributed by atoms with Gasteiger partial charge in [0, 0.05) is 18.8 Å². The van der Waals surface area contributed by atoms with Crippen LogP contribution in [0, 0.1) is 34.1 Å². The topological polar surface area (TPSA) is 151 Å². The first-order valence-electron chi connectivity index (χ1n) is 16.5. The first-order valence-corrected chi connectivity index (χ1v) is 17.3. The van der Waals surface area contributed by atoms with E-state index in [0.29, 0.717) is 69.8 Å². The van der Waals surface area contributed by atoms with Crippen molar-refractivity contribution >= 4 is 38.4 Å². The van der Waals surface area contributed by atoms with Gasteiger partial charge in [0.2, 0.25) is 5.00 Å². The maximum Gasteiger partial charge on any atom is 0.336 e. The molecule has 0 radical (unpaired) electrons. The second kappa shape index (κ2) is 21.7. The highest BCUT2D eigenvalue weighted by Gasteiger charge is 2.31. The van der Waals surface area contributed by atoms with E-state index in [0.717, 1.165) is 48.5 Å². The largest absolute Gasteiger partial charge is 0.377 e. The fraction of sp³-hybridized carbons (Fsp3) is 0.688. The van der Waals surface area contributed by atoms with E-state index >= 15 is 0 Å². The second-order valence-electron chi connectivity index (χ2n) is 11.2. The van der Waals surface area contributed by atoms with Gasteiger partial charge in [0.15, 0.2) is 0 Å². The number of hydrogen-bond donors (Lipinski definition) is 0. The maximum absolute atomic E-state index is 11.5. The average Bonchev–Trinajstić information content (AvgIpc) is 3.40. The van der Waals surface area contributed by atoms with Gasteiger partial charge in [0.25, 0.3) is 0 Å². The van der Waals surface area contributed by atoms with Crippen LogP contribution in [0.3, 0.4) is 0 Å². The van der Waals surface area contributed by atoms with Crippen molar-refractivity contribution in [2.45, 2.75) is 54.4 Å². The third-order valence-corrected chi connectivity index (χ3v) is 9.37. The number of aryl methyl sites for hydroxylation is 1. The molecule has 1 heterocycles. The highest BCUT2D eigenvalue weighted by Crippen LogP contribution is 2.46. The number of hydrogen-bond acceptors (Lipinski definition) is 12. The summed E-state index contributed by atoms with van der Waals surface area (Å²) in [5, 5.41) is 30.4. The minimum atomic E-state index is -0.665. The van der Waals surface area contributed by atoms with Gasteiger partial charge in [-0.15, -0.1) is 10.2 Å². The molecule has 0 spiro atoms. The molecule has 0 aliphatic heterocycles. The van der Waals surface area contributed by atoms with Crippen LogP contribution in [0.25, 0.3) is 0 Å². The zero-order valence-corrected chi connectivity index (χ0v) is 29.7. The quantitative estimate of drug-likeness (QED) is 0.0331. The van der Waals surface area contributed by atoms with Crippen molar-refractivity contribution in [2.24, 2.45) is 10.2 Å². The maximum atomic E-state index is 11.5. The van der Waals surface area contributed by atoms with Gasteiger partial charge in [-0.3, -0.25) is 20.2 Å². The Morgan fingerprint density at radius 1 is 0.809 bits per heavy atom. The predicted molar refractivity (Wildman–Crippen MR) is 185 cm³/mol. The fourth-order valence-corrected chi connectivity index (χ4v) is 6.02. The number of unbranched alkanes of at least 4 members (excludes halogenated alkanes) is 1. The summed E-state index contributed by atoms with van der Waals surface area (Å²) in [6, 6.07) is 5.63. The third-order valence-electron chi connectivity index (χ3n) is 8.26. The van der Waals surface area contributed by atoms with E-state index in [1.54, 1.807) is 6.07 Å². The molecule has 1 aromatic carbocycles. The number of ether oxygens (including phenoxy) is 4. The molecule has 47 heavy (non-hydrogen) atoms. The molecule has 0 N–H and O–H groups in total. The summed E-state index contributed by atoms with van der Waals surface area (Å²) in [5.74, 6) is 0. The minimum Gasteiger partial charge on any atom is -0.377 e. The van der Waals surface area contributed by atoms with E-state index in [9.17, 15) is 20.2 Å². The zero-order valence-electron chi connectivity index (χ0n) is 28.9. The lowest BCUT2D eigenvalue weighted by Crippen LogP contribution is -2.50. The number of benzene rings is 1. The molecule has 0 fully saturated rings. The number of quaternary nitrogens is 1. The molecule has 1 aromatic heterocycles. The summed E-state index contributed by atoms with van der Waals surface area (Å²) in [4.78, 5) is 23.5. The van der Waals surface area contributed by atoms with Crippen LogP contribution >= 0.6 is 11.3 Å². The van der Waals surface area contributed by atoms with Crippen LogP contribution in [0.2, 0.25) is 0 Å². The molecule has 0 saturated heterocycles. The Hall–Kier alpha value is -3.08. The SMILES string of the molecule is CCCC[N+](CC)(CC)CCOCCOCCOCCOCCN(CC)c1ccc(N=Nc2sc([N+](=O)[O-])c(C)c2[N+](=O)[O-])c(C)c1. The van der Waals surface area contributed by atoms with E-state index in [-0.39, 0.29) is 15.6 Å². The summed E-state index contributed by atoms with van der Waals surface area (Å²) in [6.45, 7) is 22.5. The van der Waals surface area contributed by atoms with Crippen LogP contribution in [-0.2, 0) is 18.9 Å².